The minimum atomic E-state index is -0.415. The number of aromatic amines is 1. The third-order valence-corrected chi connectivity index (χ3v) is 5.08. The lowest BCUT2D eigenvalue weighted by Crippen LogP contribution is -2.36. The van der Waals surface area contributed by atoms with E-state index in [0.29, 0.717) is 41.7 Å². The Morgan fingerprint density at radius 2 is 2.15 bits per heavy atom. The van der Waals surface area contributed by atoms with Gasteiger partial charge < -0.3 is 25.1 Å². The molecule has 136 valence electrons. The molecule has 0 aliphatic carbocycles. The molecule has 7 heteroatoms. The average molecular weight is 362 g/mol. The predicted octanol–water partition coefficient (Wildman–Crippen LogP) is 2.44. The van der Waals surface area contributed by atoms with E-state index >= 15 is 0 Å². The van der Waals surface area contributed by atoms with Crippen LogP contribution in [-0.4, -0.2) is 35.5 Å². The molecule has 0 bridgehead atoms. The van der Waals surface area contributed by atoms with Crippen molar-refractivity contribution in [2.45, 2.75) is 12.5 Å². The maximum Gasteiger partial charge on any atom is 0.193 e. The van der Waals surface area contributed by atoms with Gasteiger partial charge in [-0.25, -0.2) is 4.98 Å². The van der Waals surface area contributed by atoms with Crippen LogP contribution in [0.25, 0.3) is 16.6 Å². The number of anilines is 1. The van der Waals surface area contributed by atoms with Crippen molar-refractivity contribution in [3.05, 3.63) is 54.1 Å². The molecule has 3 heterocycles. The molecule has 0 amide bonds. The number of ether oxygens (including phenoxy) is 2. The van der Waals surface area contributed by atoms with Crippen molar-refractivity contribution in [3.63, 3.8) is 0 Å². The van der Waals surface area contributed by atoms with Crippen molar-refractivity contribution in [1.29, 1.82) is 0 Å². The molecule has 3 aromatic rings. The van der Waals surface area contributed by atoms with E-state index in [1.165, 1.54) is 0 Å². The summed E-state index contributed by atoms with van der Waals surface area (Å²) in [7, 11) is 1.60. The van der Waals surface area contributed by atoms with E-state index in [2.05, 4.69) is 9.97 Å². The summed E-state index contributed by atoms with van der Waals surface area (Å²) in [5, 5.41) is 0. The number of Topliss-reactive ketones (excluding diaryl/α,β-unsaturated/α-hetero) is 1. The third kappa shape index (κ3) is 2.28. The number of hydrogen-bond acceptors (Lipinski definition) is 6. The number of nitrogens with two attached hydrogens (primary N) is 1. The van der Waals surface area contributed by atoms with Crippen LogP contribution in [0, 0.1) is 0 Å². The van der Waals surface area contributed by atoms with Gasteiger partial charge in [0, 0.05) is 12.5 Å². The van der Waals surface area contributed by atoms with Crippen LogP contribution in [0.5, 0.6) is 11.5 Å². The number of imidazole rings is 1. The van der Waals surface area contributed by atoms with Crippen LogP contribution in [0.2, 0.25) is 0 Å². The van der Waals surface area contributed by atoms with Crippen molar-refractivity contribution in [1.82, 2.24) is 9.97 Å². The SMILES string of the molecule is COc1ccc2c(c1)N1C(N)=C(c3nc4ccccc4[nH]3)C(=O)[C@@H]1CCO2. The van der Waals surface area contributed by atoms with Crippen molar-refractivity contribution < 1.29 is 14.3 Å². The van der Waals surface area contributed by atoms with Gasteiger partial charge in [-0.15, -0.1) is 0 Å². The maximum absolute atomic E-state index is 13.2. The highest BCUT2D eigenvalue weighted by atomic mass is 16.5. The number of hydrogen-bond donors (Lipinski definition) is 2. The number of carbonyl (C=O) groups is 1. The van der Waals surface area contributed by atoms with Gasteiger partial charge in [0.2, 0.25) is 0 Å². The Balaban J connectivity index is 1.68. The summed E-state index contributed by atoms with van der Waals surface area (Å²) in [6.45, 7) is 0.437. The van der Waals surface area contributed by atoms with Gasteiger partial charge >= 0.3 is 0 Å². The molecule has 5 rings (SSSR count). The van der Waals surface area contributed by atoms with E-state index in [1.807, 2.05) is 47.4 Å². The standard InChI is InChI=1S/C20H18N4O3/c1-26-11-6-7-16-15(10-11)24-14(8-9-27-16)18(25)17(19(24)21)20-22-12-4-2-3-5-13(12)23-20/h2-7,10,14H,8-9,21H2,1H3,(H,22,23)/t14-/m0/s1. The number of nitrogens with zero attached hydrogens (tertiary/aromatic N) is 2. The highest BCUT2D eigenvalue weighted by Gasteiger charge is 2.43. The van der Waals surface area contributed by atoms with Gasteiger partial charge in [0.15, 0.2) is 5.78 Å². The molecule has 0 radical (unpaired) electrons. The van der Waals surface area contributed by atoms with Crippen LogP contribution >= 0.6 is 0 Å². The Hall–Kier alpha value is -3.48. The molecule has 2 aliphatic rings. The summed E-state index contributed by atoms with van der Waals surface area (Å²) >= 11 is 0. The number of fused-ring (bicyclic) bond motifs is 4. The van der Waals surface area contributed by atoms with Crippen molar-refractivity contribution in [2.75, 3.05) is 18.6 Å². The second-order valence-corrected chi connectivity index (χ2v) is 6.58. The van der Waals surface area contributed by atoms with Gasteiger partial charge in [0.05, 0.1) is 30.4 Å². The van der Waals surface area contributed by atoms with Gasteiger partial charge in [-0.2, -0.15) is 0 Å². The Morgan fingerprint density at radius 3 is 2.96 bits per heavy atom. The first kappa shape index (κ1) is 15.7. The third-order valence-electron chi connectivity index (χ3n) is 5.08. The number of rotatable bonds is 2. The Kier molecular flexibility index (Phi) is 3.36. The number of carbonyl (C=O) groups excluding carboxylic acids is 1. The number of benzene rings is 2. The summed E-state index contributed by atoms with van der Waals surface area (Å²) in [6, 6.07) is 12.8. The zero-order chi connectivity index (χ0) is 18.5. The molecule has 27 heavy (non-hydrogen) atoms. The minimum Gasteiger partial charge on any atom is -0.497 e. The first-order chi connectivity index (χ1) is 13.2. The molecular weight excluding hydrogens is 344 g/mol. The maximum atomic E-state index is 13.2. The van der Waals surface area contributed by atoms with E-state index in [-0.39, 0.29) is 5.78 Å². The van der Waals surface area contributed by atoms with Crippen molar-refractivity contribution in [3.8, 4) is 11.5 Å². The quantitative estimate of drug-likeness (QED) is 0.727. The van der Waals surface area contributed by atoms with Crippen LogP contribution in [0.15, 0.2) is 48.3 Å². The summed E-state index contributed by atoms with van der Waals surface area (Å²) in [5.74, 6) is 2.18. The molecule has 0 saturated heterocycles. The van der Waals surface area contributed by atoms with E-state index in [9.17, 15) is 4.79 Å². The van der Waals surface area contributed by atoms with E-state index in [0.717, 1.165) is 16.7 Å². The Labute approximate surface area is 155 Å². The van der Waals surface area contributed by atoms with Crippen molar-refractivity contribution in [2.24, 2.45) is 5.73 Å². The summed E-state index contributed by atoms with van der Waals surface area (Å²) in [4.78, 5) is 22.8. The van der Waals surface area contributed by atoms with Crippen LogP contribution in [0.1, 0.15) is 12.2 Å². The van der Waals surface area contributed by atoms with E-state index in [1.54, 1.807) is 7.11 Å². The number of methoxy groups -OCH3 is 1. The van der Waals surface area contributed by atoms with Gasteiger partial charge in [-0.3, -0.25) is 4.79 Å². The molecule has 0 saturated carbocycles. The smallest absolute Gasteiger partial charge is 0.193 e. The lowest BCUT2D eigenvalue weighted by Gasteiger charge is -2.25. The fraction of sp³-hybridized carbons (Fsp3) is 0.200. The molecule has 2 aromatic carbocycles. The molecule has 2 aliphatic heterocycles. The second-order valence-electron chi connectivity index (χ2n) is 6.58. The summed E-state index contributed by atoms with van der Waals surface area (Å²) in [6.07, 6.45) is 0.542. The van der Waals surface area contributed by atoms with Crippen LogP contribution in [-0.2, 0) is 4.79 Å². The topological polar surface area (TPSA) is 93.5 Å². The lowest BCUT2D eigenvalue weighted by atomic mass is 10.1. The Bertz CT molecular complexity index is 1070. The van der Waals surface area contributed by atoms with Gasteiger partial charge in [0.25, 0.3) is 0 Å². The van der Waals surface area contributed by atoms with Crippen LogP contribution in [0.3, 0.4) is 0 Å². The number of aromatic nitrogens is 2. The zero-order valence-electron chi connectivity index (χ0n) is 14.7. The van der Waals surface area contributed by atoms with Gasteiger partial charge in [-0.1, -0.05) is 12.1 Å². The monoisotopic (exact) mass is 362 g/mol. The fourth-order valence-corrected chi connectivity index (χ4v) is 3.78. The molecule has 0 spiro atoms. The van der Waals surface area contributed by atoms with Gasteiger partial charge in [-0.05, 0) is 24.3 Å². The second kappa shape index (κ2) is 5.77. The number of para-hydroxylation sites is 2. The lowest BCUT2D eigenvalue weighted by molar-refractivity contribution is -0.114. The number of H-pyrrole nitrogens is 1. The highest BCUT2D eigenvalue weighted by molar-refractivity contribution is 6.28. The highest BCUT2D eigenvalue weighted by Crippen LogP contribution is 2.43. The fourth-order valence-electron chi connectivity index (χ4n) is 3.78. The largest absolute Gasteiger partial charge is 0.497 e. The van der Waals surface area contributed by atoms with Gasteiger partial charge in [0.1, 0.15) is 34.8 Å². The Morgan fingerprint density at radius 1 is 1.30 bits per heavy atom. The van der Waals surface area contributed by atoms with Crippen LogP contribution in [0.4, 0.5) is 5.69 Å². The van der Waals surface area contributed by atoms with E-state index in [4.69, 9.17) is 15.2 Å². The average Bonchev–Trinajstić information content (AvgIpc) is 3.13. The summed E-state index contributed by atoms with van der Waals surface area (Å²) in [5.41, 5.74) is 9.30. The van der Waals surface area contributed by atoms with Crippen LogP contribution < -0.4 is 20.1 Å². The first-order valence-corrected chi connectivity index (χ1v) is 8.76. The molecular formula is C20H18N4O3. The van der Waals surface area contributed by atoms with Crippen molar-refractivity contribution >= 4 is 28.1 Å². The minimum absolute atomic E-state index is 0.0502. The molecule has 1 aromatic heterocycles. The number of nitrogens with one attached hydrogen (secondary N) is 1. The molecule has 3 N–H and O–H groups in total. The molecule has 0 unspecified atom stereocenters. The molecule has 7 nitrogen and oxygen atoms in total. The molecule has 0 fully saturated rings. The summed E-state index contributed by atoms with van der Waals surface area (Å²) < 4.78 is 11.2. The van der Waals surface area contributed by atoms with E-state index < -0.39 is 6.04 Å². The molecule has 1 atom stereocenters. The predicted molar refractivity (Wildman–Crippen MR) is 102 cm³/mol. The number of ketones is 1. The normalized spacial score (nSPS) is 18.9. The zero-order valence-corrected chi connectivity index (χ0v) is 14.7. The first-order valence-electron chi connectivity index (χ1n) is 8.76.